The summed E-state index contributed by atoms with van der Waals surface area (Å²) in [5, 5.41) is 0. The Balaban J connectivity index is 1.70. The molecular weight excluding hydrogens is 362 g/mol. The van der Waals surface area contributed by atoms with Crippen LogP contribution in [0, 0.1) is 6.92 Å². The van der Waals surface area contributed by atoms with Gasteiger partial charge in [-0.1, -0.05) is 36.8 Å². The van der Waals surface area contributed by atoms with Gasteiger partial charge in [-0.25, -0.2) is 13.1 Å². The fourth-order valence-corrected chi connectivity index (χ4v) is 4.68. The Morgan fingerprint density at radius 2 is 1.81 bits per heavy atom. The molecule has 3 rings (SSSR count). The van der Waals surface area contributed by atoms with Crippen molar-refractivity contribution >= 4 is 10.0 Å². The maximum atomic E-state index is 12.8. The van der Waals surface area contributed by atoms with Gasteiger partial charge >= 0.3 is 0 Å². The van der Waals surface area contributed by atoms with E-state index >= 15 is 0 Å². The lowest BCUT2D eigenvalue weighted by Gasteiger charge is -2.42. The highest BCUT2D eigenvalue weighted by atomic mass is 32.2. The van der Waals surface area contributed by atoms with Crippen LogP contribution in [-0.4, -0.2) is 35.3 Å². The number of benzene rings is 2. The molecule has 1 aliphatic rings. The molecule has 0 aromatic heterocycles. The van der Waals surface area contributed by atoms with Crippen molar-refractivity contribution in [1.29, 1.82) is 0 Å². The van der Waals surface area contributed by atoms with Gasteiger partial charge in [-0.3, -0.25) is 0 Å². The van der Waals surface area contributed by atoms with E-state index in [2.05, 4.69) is 16.9 Å². The lowest BCUT2D eigenvalue weighted by Crippen LogP contribution is -2.45. The molecule has 0 aliphatic heterocycles. The summed E-state index contributed by atoms with van der Waals surface area (Å²) in [4.78, 5) is 0.265. The summed E-state index contributed by atoms with van der Waals surface area (Å²) in [5.41, 5.74) is 1.90. The smallest absolute Gasteiger partial charge is 0.240 e. The van der Waals surface area contributed by atoms with E-state index in [1.54, 1.807) is 25.3 Å². The van der Waals surface area contributed by atoms with Crippen molar-refractivity contribution in [3.63, 3.8) is 0 Å². The molecule has 0 spiro atoms. The summed E-state index contributed by atoms with van der Waals surface area (Å²) < 4.78 is 39.0. The molecule has 0 saturated heterocycles. The highest BCUT2D eigenvalue weighted by Gasteiger charge is 2.39. The van der Waals surface area contributed by atoms with E-state index in [9.17, 15) is 8.42 Å². The van der Waals surface area contributed by atoms with E-state index in [0.29, 0.717) is 25.5 Å². The zero-order valence-electron chi connectivity index (χ0n) is 15.9. The minimum atomic E-state index is -3.57. The zero-order valence-corrected chi connectivity index (χ0v) is 16.7. The second kappa shape index (κ2) is 8.42. The monoisotopic (exact) mass is 389 g/mol. The number of nitrogens with one attached hydrogen (secondary N) is 1. The summed E-state index contributed by atoms with van der Waals surface area (Å²) in [6.45, 7) is 3.19. The van der Waals surface area contributed by atoms with Crippen molar-refractivity contribution in [2.75, 3.05) is 26.9 Å². The lowest BCUT2D eigenvalue weighted by atomic mass is 9.64. The van der Waals surface area contributed by atoms with E-state index in [1.807, 2.05) is 25.1 Å². The summed E-state index contributed by atoms with van der Waals surface area (Å²) in [6.07, 6.45) is 3.14. The van der Waals surface area contributed by atoms with Crippen molar-refractivity contribution in [1.82, 2.24) is 4.72 Å². The van der Waals surface area contributed by atoms with Gasteiger partial charge in [0.2, 0.25) is 10.0 Å². The predicted octanol–water partition coefficient (Wildman–Crippen LogP) is 3.42. The molecule has 0 radical (unpaired) electrons. The molecule has 146 valence electrons. The molecule has 0 amide bonds. The van der Waals surface area contributed by atoms with Crippen LogP contribution < -0.4 is 9.46 Å². The predicted molar refractivity (Wildman–Crippen MR) is 106 cm³/mol. The van der Waals surface area contributed by atoms with E-state index in [-0.39, 0.29) is 10.3 Å². The SMILES string of the molecule is COCCOc1ccc(S(=O)(=O)NCC2(c3ccccc3)CCC2)cc1C. The third kappa shape index (κ3) is 4.51. The van der Waals surface area contributed by atoms with Crippen molar-refractivity contribution in [2.24, 2.45) is 0 Å². The standard InChI is InChI=1S/C21H27NO4S/c1-17-15-19(9-10-20(17)26-14-13-25-2)27(23,24)22-16-21(11-6-12-21)18-7-4-3-5-8-18/h3-5,7-10,15,22H,6,11-14,16H2,1-2H3. The maximum absolute atomic E-state index is 12.8. The molecule has 0 heterocycles. The van der Waals surface area contributed by atoms with Crippen LogP contribution in [0.5, 0.6) is 5.75 Å². The van der Waals surface area contributed by atoms with Crippen LogP contribution in [-0.2, 0) is 20.2 Å². The topological polar surface area (TPSA) is 64.6 Å². The van der Waals surface area contributed by atoms with Crippen LogP contribution in [0.25, 0.3) is 0 Å². The molecule has 0 unspecified atom stereocenters. The van der Waals surface area contributed by atoms with Gasteiger partial charge < -0.3 is 9.47 Å². The van der Waals surface area contributed by atoms with Crippen molar-refractivity contribution < 1.29 is 17.9 Å². The third-order valence-corrected chi connectivity index (χ3v) is 6.70. The first-order valence-electron chi connectivity index (χ1n) is 9.24. The molecule has 6 heteroatoms. The number of sulfonamides is 1. The summed E-state index contributed by atoms with van der Waals surface area (Å²) in [5.74, 6) is 0.672. The minimum Gasteiger partial charge on any atom is -0.491 e. The minimum absolute atomic E-state index is 0.0907. The number of rotatable bonds is 9. The van der Waals surface area contributed by atoms with Crippen LogP contribution in [0.3, 0.4) is 0 Å². The van der Waals surface area contributed by atoms with Crippen LogP contribution in [0.4, 0.5) is 0 Å². The van der Waals surface area contributed by atoms with Gasteiger partial charge in [0.25, 0.3) is 0 Å². The lowest BCUT2D eigenvalue weighted by molar-refractivity contribution is 0.146. The Morgan fingerprint density at radius 3 is 2.41 bits per heavy atom. The Hall–Kier alpha value is -1.89. The molecule has 1 fully saturated rings. The molecule has 2 aromatic carbocycles. The Morgan fingerprint density at radius 1 is 1.07 bits per heavy atom. The largest absolute Gasteiger partial charge is 0.491 e. The van der Waals surface area contributed by atoms with Gasteiger partial charge in [0.05, 0.1) is 11.5 Å². The molecule has 1 saturated carbocycles. The first-order valence-corrected chi connectivity index (χ1v) is 10.7. The average molecular weight is 390 g/mol. The van der Waals surface area contributed by atoms with Crippen LogP contribution in [0.15, 0.2) is 53.4 Å². The van der Waals surface area contributed by atoms with Gasteiger partial charge in [-0.2, -0.15) is 0 Å². The highest BCUT2D eigenvalue weighted by molar-refractivity contribution is 7.89. The molecular formula is C21H27NO4S. The number of hydrogen-bond donors (Lipinski definition) is 1. The number of aryl methyl sites for hydroxylation is 1. The van der Waals surface area contributed by atoms with E-state index in [4.69, 9.17) is 9.47 Å². The molecule has 1 N–H and O–H groups in total. The highest BCUT2D eigenvalue weighted by Crippen LogP contribution is 2.43. The van der Waals surface area contributed by atoms with E-state index in [0.717, 1.165) is 24.8 Å². The van der Waals surface area contributed by atoms with Gasteiger partial charge in [0.1, 0.15) is 12.4 Å². The van der Waals surface area contributed by atoms with Gasteiger partial charge in [-0.15, -0.1) is 0 Å². The fourth-order valence-electron chi connectivity index (χ4n) is 3.47. The van der Waals surface area contributed by atoms with Gasteiger partial charge in [0.15, 0.2) is 0 Å². The van der Waals surface area contributed by atoms with Crippen molar-refractivity contribution in [3.05, 3.63) is 59.7 Å². The molecule has 27 heavy (non-hydrogen) atoms. The second-order valence-electron chi connectivity index (χ2n) is 7.09. The number of hydrogen-bond acceptors (Lipinski definition) is 4. The fraction of sp³-hybridized carbons (Fsp3) is 0.429. The van der Waals surface area contributed by atoms with Crippen molar-refractivity contribution in [3.8, 4) is 5.75 Å². The molecule has 0 atom stereocenters. The Kier molecular flexibility index (Phi) is 6.19. The van der Waals surface area contributed by atoms with Crippen molar-refractivity contribution in [2.45, 2.75) is 36.5 Å². The third-order valence-electron chi connectivity index (χ3n) is 5.30. The first kappa shape index (κ1) is 19.9. The second-order valence-corrected chi connectivity index (χ2v) is 8.86. The van der Waals surface area contributed by atoms with Gasteiger partial charge in [-0.05, 0) is 49.1 Å². The van der Waals surface area contributed by atoms with Crippen LogP contribution in [0.2, 0.25) is 0 Å². The van der Waals surface area contributed by atoms with Crippen LogP contribution >= 0.6 is 0 Å². The summed E-state index contributed by atoms with van der Waals surface area (Å²) >= 11 is 0. The molecule has 0 bridgehead atoms. The summed E-state index contributed by atoms with van der Waals surface area (Å²) in [6, 6.07) is 15.1. The first-order chi connectivity index (χ1) is 13.0. The number of methoxy groups -OCH3 is 1. The molecule has 1 aliphatic carbocycles. The summed E-state index contributed by atoms with van der Waals surface area (Å²) in [7, 11) is -1.96. The van der Waals surface area contributed by atoms with E-state index < -0.39 is 10.0 Å². The maximum Gasteiger partial charge on any atom is 0.240 e. The number of ether oxygens (including phenoxy) is 2. The van der Waals surface area contributed by atoms with Crippen LogP contribution in [0.1, 0.15) is 30.4 Å². The zero-order chi connectivity index (χ0) is 19.3. The normalized spacial score (nSPS) is 15.9. The Bertz CT molecular complexity index is 861. The molecule has 2 aromatic rings. The Labute approximate surface area is 161 Å². The molecule has 5 nitrogen and oxygen atoms in total. The quantitative estimate of drug-likeness (QED) is 0.668. The van der Waals surface area contributed by atoms with E-state index in [1.165, 1.54) is 5.56 Å². The average Bonchev–Trinajstić information content (AvgIpc) is 2.63. The van der Waals surface area contributed by atoms with Gasteiger partial charge in [0, 0.05) is 19.1 Å².